The second-order valence-corrected chi connectivity index (χ2v) is 3.81. The standard InChI is InChI=1S/C14H13FN2O2.ClH/c1-19-13-8-6-12(7-9-13)16-17-14(18)10-2-4-11(15)5-3-10;/h2-9,16H,1H3,(H,17,18);1H. The van der Waals surface area contributed by atoms with Gasteiger partial charge in [0.1, 0.15) is 11.6 Å². The van der Waals surface area contributed by atoms with Crippen molar-refractivity contribution in [3.8, 4) is 5.75 Å². The third kappa shape index (κ3) is 4.13. The second kappa shape index (κ2) is 7.35. The van der Waals surface area contributed by atoms with Crippen LogP contribution in [0.1, 0.15) is 10.4 Å². The Hall–Kier alpha value is -2.27. The highest BCUT2D eigenvalue weighted by Crippen LogP contribution is 2.14. The Labute approximate surface area is 122 Å². The van der Waals surface area contributed by atoms with E-state index in [1.807, 2.05) is 0 Å². The van der Waals surface area contributed by atoms with Gasteiger partial charge in [0.05, 0.1) is 12.8 Å². The van der Waals surface area contributed by atoms with E-state index >= 15 is 0 Å². The fourth-order valence-corrected chi connectivity index (χ4v) is 1.48. The summed E-state index contributed by atoms with van der Waals surface area (Å²) in [6.07, 6.45) is 0. The average molecular weight is 297 g/mol. The third-order valence-electron chi connectivity index (χ3n) is 2.52. The van der Waals surface area contributed by atoms with E-state index in [9.17, 15) is 9.18 Å². The van der Waals surface area contributed by atoms with Gasteiger partial charge in [0, 0.05) is 5.56 Å². The molecule has 0 aliphatic rings. The van der Waals surface area contributed by atoms with Gasteiger partial charge in [-0.25, -0.2) is 4.39 Å². The van der Waals surface area contributed by atoms with E-state index in [1.54, 1.807) is 31.4 Å². The molecule has 0 spiro atoms. The molecule has 0 saturated carbocycles. The van der Waals surface area contributed by atoms with Crippen LogP contribution in [-0.2, 0) is 0 Å². The number of benzene rings is 2. The Morgan fingerprint density at radius 2 is 1.65 bits per heavy atom. The minimum absolute atomic E-state index is 0. The summed E-state index contributed by atoms with van der Waals surface area (Å²) in [5.41, 5.74) is 6.38. The molecule has 2 rings (SSSR count). The van der Waals surface area contributed by atoms with Gasteiger partial charge in [-0.15, -0.1) is 12.4 Å². The zero-order valence-electron chi connectivity index (χ0n) is 10.7. The predicted molar refractivity (Wildman–Crippen MR) is 77.7 cm³/mol. The van der Waals surface area contributed by atoms with E-state index in [0.29, 0.717) is 5.56 Å². The highest BCUT2D eigenvalue weighted by molar-refractivity contribution is 5.94. The van der Waals surface area contributed by atoms with Crippen LogP contribution >= 0.6 is 12.4 Å². The number of hydrazine groups is 1. The number of methoxy groups -OCH3 is 1. The van der Waals surface area contributed by atoms with Crippen molar-refractivity contribution in [2.75, 3.05) is 12.5 Å². The first-order valence-electron chi connectivity index (χ1n) is 5.65. The lowest BCUT2D eigenvalue weighted by molar-refractivity contribution is 0.0962. The predicted octanol–water partition coefficient (Wildman–Crippen LogP) is 3.01. The van der Waals surface area contributed by atoms with Gasteiger partial charge in [-0.3, -0.25) is 15.6 Å². The summed E-state index contributed by atoms with van der Waals surface area (Å²) in [5, 5.41) is 0. The summed E-state index contributed by atoms with van der Waals surface area (Å²) in [4.78, 5) is 11.7. The monoisotopic (exact) mass is 296 g/mol. The molecule has 0 aliphatic carbocycles. The molecule has 0 fully saturated rings. The van der Waals surface area contributed by atoms with Crippen molar-refractivity contribution in [3.63, 3.8) is 0 Å². The number of ether oxygens (including phenoxy) is 1. The average Bonchev–Trinajstić information content (AvgIpc) is 2.46. The molecule has 0 unspecified atom stereocenters. The molecule has 6 heteroatoms. The number of hydrogen-bond donors (Lipinski definition) is 2. The first kappa shape index (κ1) is 15.8. The van der Waals surface area contributed by atoms with Crippen LogP contribution < -0.4 is 15.6 Å². The zero-order chi connectivity index (χ0) is 13.7. The number of halogens is 2. The van der Waals surface area contributed by atoms with Gasteiger partial charge in [-0.05, 0) is 48.5 Å². The molecule has 0 heterocycles. The lowest BCUT2D eigenvalue weighted by Crippen LogP contribution is -2.29. The summed E-state index contributed by atoms with van der Waals surface area (Å²) >= 11 is 0. The van der Waals surface area contributed by atoms with Crippen LogP contribution in [0.3, 0.4) is 0 Å². The molecule has 0 bridgehead atoms. The quantitative estimate of drug-likeness (QED) is 0.853. The highest BCUT2D eigenvalue weighted by Gasteiger charge is 2.04. The number of anilines is 1. The molecule has 2 N–H and O–H groups in total. The van der Waals surface area contributed by atoms with Crippen molar-refractivity contribution >= 4 is 24.0 Å². The van der Waals surface area contributed by atoms with Crippen molar-refractivity contribution in [3.05, 3.63) is 59.9 Å². The van der Waals surface area contributed by atoms with Crippen molar-refractivity contribution in [2.24, 2.45) is 0 Å². The molecule has 4 nitrogen and oxygen atoms in total. The van der Waals surface area contributed by atoms with E-state index in [2.05, 4.69) is 10.9 Å². The van der Waals surface area contributed by atoms with Crippen molar-refractivity contribution in [2.45, 2.75) is 0 Å². The fraction of sp³-hybridized carbons (Fsp3) is 0.0714. The molecule has 0 radical (unpaired) electrons. The first-order chi connectivity index (χ1) is 9.19. The summed E-state index contributed by atoms with van der Waals surface area (Å²) in [6.45, 7) is 0. The Morgan fingerprint density at radius 3 is 2.20 bits per heavy atom. The zero-order valence-corrected chi connectivity index (χ0v) is 11.5. The van der Waals surface area contributed by atoms with Gasteiger partial charge in [-0.1, -0.05) is 0 Å². The summed E-state index contributed by atoms with van der Waals surface area (Å²) in [5.74, 6) is 0.0193. The molecule has 0 saturated heterocycles. The Bertz CT molecular complexity index is 558. The van der Waals surface area contributed by atoms with Crippen LogP contribution in [-0.4, -0.2) is 13.0 Å². The molecule has 0 aliphatic heterocycles. The van der Waals surface area contributed by atoms with E-state index in [0.717, 1.165) is 11.4 Å². The number of hydrogen-bond acceptors (Lipinski definition) is 3. The second-order valence-electron chi connectivity index (χ2n) is 3.81. The molecule has 0 atom stereocenters. The smallest absolute Gasteiger partial charge is 0.269 e. The largest absolute Gasteiger partial charge is 0.497 e. The minimum Gasteiger partial charge on any atom is -0.497 e. The van der Waals surface area contributed by atoms with Crippen molar-refractivity contribution < 1.29 is 13.9 Å². The van der Waals surface area contributed by atoms with E-state index in [1.165, 1.54) is 24.3 Å². The first-order valence-corrected chi connectivity index (χ1v) is 5.65. The van der Waals surface area contributed by atoms with Gasteiger partial charge in [0.25, 0.3) is 5.91 Å². The van der Waals surface area contributed by atoms with Crippen molar-refractivity contribution in [1.29, 1.82) is 0 Å². The summed E-state index contributed by atoms with van der Waals surface area (Å²) < 4.78 is 17.7. The molecule has 1 amide bonds. The Morgan fingerprint density at radius 1 is 1.05 bits per heavy atom. The normalized spacial score (nSPS) is 9.30. The van der Waals surface area contributed by atoms with E-state index in [-0.39, 0.29) is 24.1 Å². The molecular formula is C14H14ClFN2O2. The molecule has 106 valence electrons. The Balaban J connectivity index is 0.00000200. The molecule has 2 aromatic carbocycles. The third-order valence-corrected chi connectivity index (χ3v) is 2.52. The maximum Gasteiger partial charge on any atom is 0.269 e. The number of rotatable bonds is 4. The highest BCUT2D eigenvalue weighted by atomic mass is 35.5. The molecule has 2 aromatic rings. The van der Waals surface area contributed by atoms with E-state index in [4.69, 9.17) is 4.74 Å². The number of carbonyl (C=O) groups excluding carboxylic acids is 1. The van der Waals surface area contributed by atoms with Gasteiger partial charge in [0.2, 0.25) is 0 Å². The maximum absolute atomic E-state index is 12.7. The number of amides is 1. The van der Waals surface area contributed by atoms with Crippen LogP contribution in [0.25, 0.3) is 0 Å². The van der Waals surface area contributed by atoms with Crippen molar-refractivity contribution in [1.82, 2.24) is 5.43 Å². The molecular weight excluding hydrogens is 283 g/mol. The SMILES string of the molecule is COc1ccc(NNC(=O)c2ccc(F)cc2)cc1.Cl. The fourth-order valence-electron chi connectivity index (χ4n) is 1.48. The van der Waals surface area contributed by atoms with Crippen LogP contribution in [0.5, 0.6) is 5.75 Å². The summed E-state index contributed by atoms with van der Waals surface area (Å²) in [6, 6.07) is 12.4. The maximum atomic E-state index is 12.7. The van der Waals surface area contributed by atoms with Crippen LogP contribution in [0.2, 0.25) is 0 Å². The van der Waals surface area contributed by atoms with Crippen LogP contribution in [0.15, 0.2) is 48.5 Å². The topological polar surface area (TPSA) is 50.4 Å². The molecule has 20 heavy (non-hydrogen) atoms. The Kier molecular flexibility index (Phi) is 5.80. The van der Waals surface area contributed by atoms with E-state index < -0.39 is 0 Å². The van der Waals surface area contributed by atoms with Gasteiger partial charge in [0.15, 0.2) is 0 Å². The molecule has 0 aromatic heterocycles. The van der Waals surface area contributed by atoms with Crippen LogP contribution in [0.4, 0.5) is 10.1 Å². The van der Waals surface area contributed by atoms with Gasteiger partial charge in [-0.2, -0.15) is 0 Å². The lowest BCUT2D eigenvalue weighted by Gasteiger charge is -2.09. The van der Waals surface area contributed by atoms with Crippen LogP contribution in [0, 0.1) is 5.82 Å². The number of carbonyl (C=O) groups is 1. The lowest BCUT2D eigenvalue weighted by atomic mass is 10.2. The number of nitrogens with one attached hydrogen (secondary N) is 2. The van der Waals surface area contributed by atoms with Gasteiger partial charge < -0.3 is 4.74 Å². The minimum atomic E-state index is -0.375. The van der Waals surface area contributed by atoms with Gasteiger partial charge >= 0.3 is 0 Å². The summed E-state index contributed by atoms with van der Waals surface area (Å²) in [7, 11) is 1.58.